The fourth-order valence-electron chi connectivity index (χ4n) is 3.01. The van der Waals surface area contributed by atoms with E-state index in [0.717, 1.165) is 22.8 Å². The number of benzene rings is 1. The maximum atomic E-state index is 13.4. The normalized spacial score (nSPS) is 12.0. The van der Waals surface area contributed by atoms with Crippen LogP contribution in [0.3, 0.4) is 0 Å². The molecule has 3 heterocycles. The molecule has 0 bridgehead atoms. The van der Waals surface area contributed by atoms with Crippen molar-refractivity contribution in [3.05, 3.63) is 58.8 Å². The zero-order chi connectivity index (χ0) is 19.3. The molecule has 0 atom stereocenters. The lowest BCUT2D eigenvalue weighted by Crippen LogP contribution is -2.18. The second kappa shape index (κ2) is 6.09. The number of pyridine rings is 1. The van der Waals surface area contributed by atoms with Gasteiger partial charge in [0.2, 0.25) is 0 Å². The average Bonchev–Trinajstić information content (AvgIpc) is 3.01. The first kappa shape index (κ1) is 17.5. The Kier molecular flexibility index (Phi) is 3.96. The molecule has 8 heteroatoms. The standard InChI is InChI=1S/C19H16F2N4OS/c1-19(20,21)11-4-6-12(7-5-11)25-10-23-15-14-13(24(2)3)8-9-22-17(14)27-16(15)18(25)26/h4-10H,1-3H3. The van der Waals surface area contributed by atoms with Crippen LogP contribution in [0.5, 0.6) is 0 Å². The van der Waals surface area contributed by atoms with E-state index in [1.54, 1.807) is 6.20 Å². The van der Waals surface area contributed by atoms with Gasteiger partial charge in [0.1, 0.15) is 15.9 Å². The largest absolute Gasteiger partial charge is 0.377 e. The van der Waals surface area contributed by atoms with Gasteiger partial charge in [-0.3, -0.25) is 9.36 Å². The van der Waals surface area contributed by atoms with E-state index in [1.165, 1.54) is 46.5 Å². The zero-order valence-electron chi connectivity index (χ0n) is 14.9. The van der Waals surface area contributed by atoms with Gasteiger partial charge in [0.15, 0.2) is 0 Å². The first-order valence-electron chi connectivity index (χ1n) is 8.22. The molecule has 0 N–H and O–H groups in total. The molecule has 3 aromatic heterocycles. The predicted octanol–water partition coefficient (Wildman–Crippen LogP) is 4.17. The van der Waals surface area contributed by atoms with Crippen molar-refractivity contribution in [3.63, 3.8) is 0 Å². The van der Waals surface area contributed by atoms with E-state index in [4.69, 9.17) is 0 Å². The molecule has 0 aliphatic carbocycles. The van der Waals surface area contributed by atoms with E-state index in [1.807, 2.05) is 25.1 Å². The molecule has 0 radical (unpaired) electrons. The van der Waals surface area contributed by atoms with Gasteiger partial charge < -0.3 is 4.90 Å². The molecular formula is C19H16F2N4OS. The summed E-state index contributed by atoms with van der Waals surface area (Å²) in [7, 11) is 3.84. The Morgan fingerprint density at radius 3 is 2.44 bits per heavy atom. The second-order valence-electron chi connectivity index (χ2n) is 6.54. The van der Waals surface area contributed by atoms with Crippen molar-refractivity contribution in [2.75, 3.05) is 19.0 Å². The molecule has 0 spiro atoms. The van der Waals surface area contributed by atoms with Gasteiger partial charge in [0, 0.05) is 32.8 Å². The molecule has 0 saturated carbocycles. The smallest absolute Gasteiger partial charge is 0.275 e. The number of rotatable bonds is 3. The van der Waals surface area contributed by atoms with Crippen LogP contribution in [0.25, 0.3) is 26.1 Å². The van der Waals surface area contributed by atoms with Crippen LogP contribution in [0.15, 0.2) is 47.7 Å². The molecule has 0 fully saturated rings. The molecule has 1 aromatic carbocycles. The van der Waals surface area contributed by atoms with Crippen molar-refractivity contribution in [1.82, 2.24) is 14.5 Å². The highest BCUT2D eigenvalue weighted by Gasteiger charge is 2.24. The summed E-state index contributed by atoms with van der Waals surface area (Å²) in [6.45, 7) is 0.842. The van der Waals surface area contributed by atoms with Gasteiger partial charge in [-0.2, -0.15) is 0 Å². The summed E-state index contributed by atoms with van der Waals surface area (Å²) in [4.78, 5) is 24.5. The molecule has 5 nitrogen and oxygen atoms in total. The molecule has 0 unspecified atom stereocenters. The zero-order valence-corrected chi connectivity index (χ0v) is 15.7. The number of hydrogen-bond donors (Lipinski definition) is 0. The predicted molar refractivity (Wildman–Crippen MR) is 104 cm³/mol. The van der Waals surface area contributed by atoms with E-state index in [-0.39, 0.29) is 11.1 Å². The van der Waals surface area contributed by atoms with E-state index >= 15 is 0 Å². The van der Waals surface area contributed by atoms with Crippen LogP contribution >= 0.6 is 11.3 Å². The summed E-state index contributed by atoms with van der Waals surface area (Å²) in [5.41, 5.74) is 1.68. The van der Waals surface area contributed by atoms with Crippen LogP contribution in [-0.2, 0) is 5.92 Å². The van der Waals surface area contributed by atoms with Crippen molar-refractivity contribution < 1.29 is 8.78 Å². The Morgan fingerprint density at radius 2 is 1.81 bits per heavy atom. The summed E-state index contributed by atoms with van der Waals surface area (Å²) in [6, 6.07) is 7.52. The minimum absolute atomic E-state index is 0.102. The van der Waals surface area contributed by atoms with Crippen molar-refractivity contribution in [1.29, 1.82) is 0 Å². The van der Waals surface area contributed by atoms with Gasteiger partial charge in [0.25, 0.3) is 11.5 Å². The number of alkyl halides is 2. The summed E-state index contributed by atoms with van der Waals surface area (Å²) >= 11 is 1.28. The minimum atomic E-state index is -2.93. The number of halogens is 2. The van der Waals surface area contributed by atoms with Crippen LogP contribution in [0.4, 0.5) is 14.5 Å². The molecule has 138 valence electrons. The van der Waals surface area contributed by atoms with Crippen LogP contribution in [0.1, 0.15) is 12.5 Å². The first-order valence-corrected chi connectivity index (χ1v) is 9.04. The Bertz CT molecular complexity index is 1210. The summed E-state index contributed by atoms with van der Waals surface area (Å²) < 4.78 is 28.7. The lowest BCUT2D eigenvalue weighted by molar-refractivity contribution is 0.0175. The third-order valence-electron chi connectivity index (χ3n) is 4.39. The second-order valence-corrected chi connectivity index (χ2v) is 7.54. The number of nitrogens with zero attached hydrogens (tertiary/aromatic N) is 4. The number of aromatic nitrogens is 3. The average molecular weight is 386 g/mol. The number of anilines is 1. The SMILES string of the molecule is CN(C)c1ccnc2sc3c(=O)n(-c4ccc(C(C)(F)F)cc4)cnc3c12. The van der Waals surface area contributed by atoms with Gasteiger partial charge in [-0.05, 0) is 18.2 Å². The minimum Gasteiger partial charge on any atom is -0.377 e. The number of hydrogen-bond acceptors (Lipinski definition) is 5. The van der Waals surface area contributed by atoms with Gasteiger partial charge in [-0.25, -0.2) is 18.7 Å². The molecule has 4 rings (SSSR count). The summed E-state index contributed by atoms with van der Waals surface area (Å²) in [5, 5.41) is 0.840. The van der Waals surface area contributed by atoms with Gasteiger partial charge >= 0.3 is 0 Å². The van der Waals surface area contributed by atoms with Crippen LogP contribution in [0, 0.1) is 0 Å². The summed E-state index contributed by atoms with van der Waals surface area (Å²) in [6.07, 6.45) is 3.14. The Hall–Kier alpha value is -2.87. The van der Waals surface area contributed by atoms with E-state index in [9.17, 15) is 13.6 Å². The van der Waals surface area contributed by atoms with Gasteiger partial charge in [0.05, 0.1) is 22.3 Å². The van der Waals surface area contributed by atoms with E-state index in [2.05, 4.69) is 9.97 Å². The lowest BCUT2D eigenvalue weighted by Gasteiger charge is -2.13. The molecule has 27 heavy (non-hydrogen) atoms. The quantitative estimate of drug-likeness (QED) is 0.530. The van der Waals surface area contributed by atoms with Gasteiger partial charge in [-0.15, -0.1) is 11.3 Å². The fraction of sp³-hybridized carbons (Fsp3) is 0.211. The van der Waals surface area contributed by atoms with E-state index < -0.39 is 5.92 Å². The Labute approximate surface area is 157 Å². The highest BCUT2D eigenvalue weighted by atomic mass is 32.1. The van der Waals surface area contributed by atoms with Crippen molar-refractivity contribution in [2.45, 2.75) is 12.8 Å². The van der Waals surface area contributed by atoms with Crippen LogP contribution < -0.4 is 10.5 Å². The monoisotopic (exact) mass is 386 g/mol. The van der Waals surface area contributed by atoms with Gasteiger partial charge in [-0.1, -0.05) is 12.1 Å². The molecule has 0 saturated heterocycles. The lowest BCUT2D eigenvalue weighted by atomic mass is 10.1. The third kappa shape index (κ3) is 2.86. The topological polar surface area (TPSA) is 51.0 Å². The van der Waals surface area contributed by atoms with Crippen LogP contribution in [0.2, 0.25) is 0 Å². The Morgan fingerprint density at radius 1 is 1.11 bits per heavy atom. The van der Waals surface area contributed by atoms with E-state index in [0.29, 0.717) is 15.9 Å². The molecule has 4 aromatic rings. The van der Waals surface area contributed by atoms with Crippen molar-refractivity contribution in [2.24, 2.45) is 0 Å². The first-order chi connectivity index (χ1) is 12.8. The third-order valence-corrected chi connectivity index (χ3v) is 5.47. The number of fused-ring (bicyclic) bond motifs is 3. The maximum Gasteiger partial charge on any atom is 0.275 e. The molecule has 0 aliphatic rings. The fourth-order valence-corrected chi connectivity index (χ4v) is 4.06. The maximum absolute atomic E-state index is 13.4. The van der Waals surface area contributed by atoms with Crippen LogP contribution in [-0.4, -0.2) is 28.6 Å². The van der Waals surface area contributed by atoms with Crippen molar-refractivity contribution in [3.8, 4) is 5.69 Å². The van der Waals surface area contributed by atoms with Crippen molar-refractivity contribution >= 4 is 37.5 Å². The highest BCUT2D eigenvalue weighted by Crippen LogP contribution is 2.35. The molecule has 0 amide bonds. The summed E-state index contributed by atoms with van der Waals surface area (Å²) in [5.74, 6) is -2.93. The molecular weight excluding hydrogens is 370 g/mol. The molecule has 0 aliphatic heterocycles. The Balaban J connectivity index is 1.92. The highest BCUT2D eigenvalue weighted by molar-refractivity contribution is 7.25. The number of thiophene rings is 1.